The lowest BCUT2D eigenvalue weighted by Crippen LogP contribution is -2.17. The van der Waals surface area contributed by atoms with Crippen LogP contribution < -0.4 is 4.72 Å². The lowest BCUT2D eigenvalue weighted by molar-refractivity contribution is 0.0522. The van der Waals surface area contributed by atoms with Crippen molar-refractivity contribution in [2.24, 2.45) is 0 Å². The number of carbonyl (C=O) groups excluding carboxylic acids is 1. The van der Waals surface area contributed by atoms with Gasteiger partial charge in [0.1, 0.15) is 5.56 Å². The monoisotopic (exact) mass is 341 g/mol. The van der Waals surface area contributed by atoms with Gasteiger partial charge in [-0.3, -0.25) is 9.82 Å². The molecule has 9 heteroatoms. The molecular weight excluding hydrogens is 326 g/mol. The number of esters is 1. The van der Waals surface area contributed by atoms with E-state index in [4.69, 9.17) is 4.74 Å². The van der Waals surface area contributed by atoms with Gasteiger partial charge in [0.15, 0.2) is 5.03 Å². The number of hydrogen-bond acceptors (Lipinski definition) is 6. The number of hydrogen-bond donors (Lipinski definition) is 2. The number of aromatic nitrogens is 2. The number of nitrogens with zero attached hydrogens (tertiary/aromatic N) is 1. The van der Waals surface area contributed by atoms with Crippen LogP contribution in [0, 0.1) is 0 Å². The molecule has 0 fully saturated rings. The third kappa shape index (κ3) is 3.60. The number of benzene rings is 1. The van der Waals surface area contributed by atoms with Gasteiger partial charge in [-0.2, -0.15) is 13.5 Å². The number of carbonyl (C=O) groups is 1. The summed E-state index contributed by atoms with van der Waals surface area (Å²) in [7, 11) is -3.96. The number of H-pyrrole nitrogens is 1. The predicted octanol–water partition coefficient (Wildman–Crippen LogP) is 2.11. The minimum Gasteiger partial charge on any atom is -0.462 e. The van der Waals surface area contributed by atoms with E-state index >= 15 is 0 Å². The van der Waals surface area contributed by atoms with Crippen LogP contribution in [0.5, 0.6) is 0 Å². The predicted molar refractivity (Wildman–Crippen MR) is 83.6 cm³/mol. The fraction of sp³-hybridized carbons (Fsp3) is 0.231. The zero-order valence-electron chi connectivity index (χ0n) is 12.0. The molecule has 0 unspecified atom stereocenters. The summed E-state index contributed by atoms with van der Waals surface area (Å²) in [6, 6.07) is 6.87. The van der Waals surface area contributed by atoms with Gasteiger partial charge in [0.2, 0.25) is 0 Å². The Kier molecular flexibility index (Phi) is 5.09. The Morgan fingerprint density at radius 2 is 2.05 bits per heavy atom. The maximum absolute atomic E-state index is 12.4. The Hall–Kier alpha value is -2.00. The molecule has 7 nitrogen and oxygen atoms in total. The van der Waals surface area contributed by atoms with Crippen molar-refractivity contribution < 1.29 is 17.9 Å². The number of ether oxygens (including phenoxy) is 1. The highest BCUT2D eigenvalue weighted by Gasteiger charge is 2.26. The van der Waals surface area contributed by atoms with E-state index in [1.165, 1.54) is 0 Å². The summed E-state index contributed by atoms with van der Waals surface area (Å²) in [6.07, 6.45) is 3.05. The summed E-state index contributed by atoms with van der Waals surface area (Å²) in [5.74, 6) is -0.741. The summed E-state index contributed by atoms with van der Waals surface area (Å²) in [6.45, 7) is 1.78. The van der Waals surface area contributed by atoms with Gasteiger partial charge < -0.3 is 4.74 Å². The smallest absolute Gasteiger partial charge is 0.342 e. The molecular formula is C13H15N3O4S2. The van der Waals surface area contributed by atoms with Crippen LogP contribution in [0.4, 0.5) is 5.69 Å². The standard InChI is InChI=1S/C13H15N3O4S2/c1-3-20-13(17)11-8-14-15-12(11)22(18,19)16-9-4-6-10(21-2)7-5-9/h4-8,16H,3H2,1-2H3,(H,14,15). The number of sulfonamides is 1. The van der Waals surface area contributed by atoms with Crippen molar-refractivity contribution in [3.63, 3.8) is 0 Å². The minimum absolute atomic E-state index is 0.130. The second kappa shape index (κ2) is 6.84. The van der Waals surface area contributed by atoms with Crippen LogP contribution in [0.2, 0.25) is 0 Å². The quantitative estimate of drug-likeness (QED) is 0.616. The Bertz CT molecular complexity index is 754. The summed E-state index contributed by atoms with van der Waals surface area (Å²) >= 11 is 1.55. The van der Waals surface area contributed by atoms with E-state index < -0.39 is 16.0 Å². The molecule has 0 saturated carbocycles. The number of rotatable bonds is 6. The largest absolute Gasteiger partial charge is 0.462 e. The van der Waals surface area contributed by atoms with Crippen LogP contribution in [0.15, 0.2) is 40.4 Å². The summed E-state index contributed by atoms with van der Waals surface area (Å²) < 4.78 is 31.9. The van der Waals surface area contributed by atoms with Crippen LogP contribution in [0.3, 0.4) is 0 Å². The average molecular weight is 341 g/mol. The van der Waals surface area contributed by atoms with Crippen LogP contribution >= 0.6 is 11.8 Å². The molecule has 2 aromatic rings. The fourth-order valence-electron chi connectivity index (χ4n) is 1.70. The maximum Gasteiger partial charge on any atom is 0.342 e. The normalized spacial score (nSPS) is 11.2. The number of aromatic amines is 1. The van der Waals surface area contributed by atoms with Gasteiger partial charge in [-0.15, -0.1) is 11.8 Å². The van der Waals surface area contributed by atoms with Crippen molar-refractivity contribution in [1.82, 2.24) is 10.2 Å². The average Bonchev–Trinajstić information content (AvgIpc) is 2.98. The van der Waals surface area contributed by atoms with Gasteiger partial charge in [-0.05, 0) is 37.4 Å². The van der Waals surface area contributed by atoms with Gasteiger partial charge >= 0.3 is 5.97 Å². The zero-order chi connectivity index (χ0) is 16.2. The number of anilines is 1. The summed E-state index contributed by atoms with van der Waals surface area (Å²) in [4.78, 5) is 12.7. The molecule has 2 N–H and O–H groups in total. The molecule has 1 aromatic carbocycles. The Morgan fingerprint density at radius 1 is 1.36 bits per heavy atom. The molecule has 0 spiro atoms. The molecule has 0 radical (unpaired) electrons. The Morgan fingerprint density at radius 3 is 2.64 bits per heavy atom. The van der Waals surface area contributed by atoms with Gasteiger partial charge in [0.05, 0.1) is 12.8 Å². The fourth-order valence-corrected chi connectivity index (χ4v) is 3.25. The zero-order valence-corrected chi connectivity index (χ0v) is 13.6. The van der Waals surface area contributed by atoms with Crippen molar-refractivity contribution in [3.8, 4) is 0 Å². The topological polar surface area (TPSA) is 101 Å². The lowest BCUT2D eigenvalue weighted by atomic mass is 10.3. The van der Waals surface area contributed by atoms with E-state index in [1.54, 1.807) is 43.0 Å². The first-order chi connectivity index (χ1) is 10.5. The van der Waals surface area contributed by atoms with Crippen molar-refractivity contribution in [2.45, 2.75) is 16.8 Å². The summed E-state index contributed by atoms with van der Waals surface area (Å²) in [5, 5.41) is 5.62. The van der Waals surface area contributed by atoms with Crippen molar-refractivity contribution in [2.75, 3.05) is 17.6 Å². The molecule has 118 valence electrons. The second-order valence-electron chi connectivity index (χ2n) is 4.17. The minimum atomic E-state index is -3.96. The van der Waals surface area contributed by atoms with E-state index in [0.29, 0.717) is 5.69 Å². The van der Waals surface area contributed by atoms with Crippen LogP contribution in [0.1, 0.15) is 17.3 Å². The van der Waals surface area contributed by atoms with E-state index in [2.05, 4.69) is 14.9 Å². The van der Waals surface area contributed by atoms with Gasteiger partial charge in [0.25, 0.3) is 10.0 Å². The maximum atomic E-state index is 12.4. The van der Waals surface area contributed by atoms with E-state index in [-0.39, 0.29) is 17.2 Å². The second-order valence-corrected chi connectivity index (χ2v) is 6.67. The Labute approximate surface area is 132 Å². The molecule has 0 aliphatic heterocycles. The molecule has 1 aromatic heterocycles. The van der Waals surface area contributed by atoms with Gasteiger partial charge in [-0.25, -0.2) is 4.79 Å². The third-order valence-electron chi connectivity index (χ3n) is 2.71. The lowest BCUT2D eigenvalue weighted by Gasteiger charge is -2.08. The van der Waals surface area contributed by atoms with E-state index in [9.17, 15) is 13.2 Å². The van der Waals surface area contributed by atoms with Crippen LogP contribution in [-0.2, 0) is 14.8 Å². The van der Waals surface area contributed by atoms with E-state index in [1.807, 2.05) is 6.26 Å². The SMILES string of the molecule is CCOC(=O)c1cn[nH]c1S(=O)(=O)Nc1ccc(SC)cc1. The van der Waals surface area contributed by atoms with Gasteiger partial charge in [-0.1, -0.05) is 0 Å². The molecule has 0 amide bonds. The molecule has 2 rings (SSSR count). The number of nitrogens with one attached hydrogen (secondary N) is 2. The van der Waals surface area contributed by atoms with E-state index in [0.717, 1.165) is 11.1 Å². The highest BCUT2D eigenvalue weighted by atomic mass is 32.2. The molecule has 1 heterocycles. The van der Waals surface area contributed by atoms with Crippen LogP contribution in [-0.4, -0.2) is 37.4 Å². The van der Waals surface area contributed by atoms with Crippen molar-refractivity contribution in [1.29, 1.82) is 0 Å². The molecule has 0 bridgehead atoms. The number of thioether (sulfide) groups is 1. The highest BCUT2D eigenvalue weighted by molar-refractivity contribution is 7.98. The third-order valence-corrected chi connectivity index (χ3v) is 4.81. The molecule has 0 atom stereocenters. The molecule has 0 saturated heterocycles. The van der Waals surface area contributed by atoms with Crippen LogP contribution in [0.25, 0.3) is 0 Å². The first kappa shape index (κ1) is 16.4. The highest BCUT2D eigenvalue weighted by Crippen LogP contribution is 2.21. The first-order valence-corrected chi connectivity index (χ1v) is 9.06. The first-order valence-electron chi connectivity index (χ1n) is 6.35. The summed E-state index contributed by atoms with van der Waals surface area (Å²) in [5.41, 5.74) is 0.261. The Balaban J connectivity index is 2.27. The van der Waals surface area contributed by atoms with Crippen molar-refractivity contribution in [3.05, 3.63) is 36.0 Å². The van der Waals surface area contributed by atoms with Crippen molar-refractivity contribution >= 4 is 33.4 Å². The van der Waals surface area contributed by atoms with Gasteiger partial charge in [0, 0.05) is 10.6 Å². The molecule has 0 aliphatic carbocycles. The molecule has 22 heavy (non-hydrogen) atoms. The molecule has 0 aliphatic rings.